The highest BCUT2D eigenvalue weighted by Crippen LogP contribution is 2.38. The van der Waals surface area contributed by atoms with E-state index in [1.165, 1.54) is 11.3 Å². The summed E-state index contributed by atoms with van der Waals surface area (Å²) in [5.41, 5.74) is 2.14. The van der Waals surface area contributed by atoms with Gasteiger partial charge in [0.25, 0.3) is 5.56 Å². The summed E-state index contributed by atoms with van der Waals surface area (Å²) in [6.45, 7) is 10.3. The molecule has 3 aromatic rings. The molecule has 2 heterocycles. The molecule has 1 atom stereocenters. The summed E-state index contributed by atoms with van der Waals surface area (Å²) in [7, 11) is 1.57. The van der Waals surface area contributed by atoms with Gasteiger partial charge in [0.05, 0.1) is 42.2 Å². The molecule has 218 valence electrons. The minimum absolute atomic E-state index is 0.00956. The number of aromatic nitrogens is 1. The Morgan fingerprint density at radius 1 is 1.10 bits per heavy atom. The first kappa shape index (κ1) is 30.6. The van der Waals surface area contributed by atoms with E-state index in [0.717, 1.165) is 16.5 Å². The third kappa shape index (κ3) is 6.59. The van der Waals surface area contributed by atoms with E-state index < -0.39 is 12.0 Å². The summed E-state index contributed by atoms with van der Waals surface area (Å²) in [5, 5.41) is 0. The first-order chi connectivity index (χ1) is 19.7. The Morgan fingerprint density at radius 3 is 2.51 bits per heavy atom. The zero-order valence-corrected chi connectivity index (χ0v) is 26.6. The molecular formula is C31H35BrN2O6S. The monoisotopic (exact) mass is 642 g/mol. The molecule has 0 radical (unpaired) electrons. The van der Waals surface area contributed by atoms with Crippen LogP contribution in [0.1, 0.15) is 64.6 Å². The lowest BCUT2D eigenvalue weighted by molar-refractivity contribution is -0.139. The van der Waals surface area contributed by atoms with E-state index in [2.05, 4.69) is 15.9 Å². The molecule has 0 aliphatic carbocycles. The zero-order valence-electron chi connectivity index (χ0n) is 24.2. The molecule has 0 unspecified atom stereocenters. The van der Waals surface area contributed by atoms with E-state index in [0.29, 0.717) is 56.4 Å². The summed E-state index contributed by atoms with van der Waals surface area (Å²) in [4.78, 5) is 32.9. The second kappa shape index (κ2) is 13.5. The normalized spacial score (nSPS) is 15.0. The van der Waals surface area contributed by atoms with Gasteiger partial charge in [-0.2, -0.15) is 0 Å². The van der Waals surface area contributed by atoms with Gasteiger partial charge in [0.1, 0.15) is 11.8 Å². The van der Waals surface area contributed by atoms with Crippen molar-refractivity contribution < 1.29 is 23.7 Å². The predicted octanol–water partition coefficient (Wildman–Crippen LogP) is 5.54. The average Bonchev–Trinajstić information content (AvgIpc) is 3.23. The van der Waals surface area contributed by atoms with Crippen molar-refractivity contribution in [3.63, 3.8) is 0 Å². The van der Waals surface area contributed by atoms with Crippen LogP contribution in [0.15, 0.2) is 61.9 Å². The number of hydrogen-bond acceptors (Lipinski definition) is 8. The largest absolute Gasteiger partial charge is 0.496 e. The summed E-state index contributed by atoms with van der Waals surface area (Å²) in [5.74, 6) is 1.30. The number of nitrogens with zero attached hydrogens (tertiary/aromatic N) is 2. The minimum atomic E-state index is -0.776. The van der Waals surface area contributed by atoms with Gasteiger partial charge < -0.3 is 18.9 Å². The van der Waals surface area contributed by atoms with Gasteiger partial charge in [-0.15, -0.1) is 0 Å². The molecule has 0 fully saturated rings. The van der Waals surface area contributed by atoms with Crippen LogP contribution < -0.4 is 29.1 Å². The maximum atomic E-state index is 14.1. The first-order valence-electron chi connectivity index (χ1n) is 13.7. The van der Waals surface area contributed by atoms with E-state index in [1.54, 1.807) is 18.6 Å². The number of hydrogen-bond donors (Lipinski definition) is 0. The molecule has 4 rings (SSSR count). The quantitative estimate of drug-likeness (QED) is 0.255. The van der Waals surface area contributed by atoms with Gasteiger partial charge in [0.15, 0.2) is 16.3 Å². The highest BCUT2D eigenvalue weighted by Gasteiger charge is 2.36. The maximum Gasteiger partial charge on any atom is 0.338 e. The Balaban J connectivity index is 1.97. The van der Waals surface area contributed by atoms with Gasteiger partial charge in [0, 0.05) is 10.0 Å². The number of carbonyl (C=O) groups excluding carboxylic acids is 1. The van der Waals surface area contributed by atoms with Crippen LogP contribution in [-0.2, 0) is 9.53 Å². The lowest BCUT2D eigenvalue weighted by Gasteiger charge is -2.27. The topological polar surface area (TPSA) is 88.4 Å². The summed E-state index contributed by atoms with van der Waals surface area (Å²) in [6, 6.07) is 10.4. The van der Waals surface area contributed by atoms with Gasteiger partial charge >= 0.3 is 5.97 Å². The zero-order chi connectivity index (χ0) is 29.7. The molecule has 2 aromatic carbocycles. The molecule has 0 spiro atoms. The van der Waals surface area contributed by atoms with Crippen LogP contribution in [0.3, 0.4) is 0 Å². The van der Waals surface area contributed by atoms with Crippen LogP contribution in [0.4, 0.5) is 0 Å². The predicted molar refractivity (Wildman–Crippen MR) is 164 cm³/mol. The van der Waals surface area contributed by atoms with Crippen LogP contribution in [0, 0.1) is 0 Å². The summed E-state index contributed by atoms with van der Waals surface area (Å²) in [6.07, 6.45) is 3.13. The Labute approximate surface area is 252 Å². The molecule has 0 N–H and O–H groups in total. The van der Waals surface area contributed by atoms with Gasteiger partial charge in [-0.05, 0) is 76.1 Å². The SMILES string of the molecule is CCCC1=C(C(=O)OCC)[C@@H](c2cc(Br)ccc2OC)n2c(s/c(=C/c3ccc(OC(C)C)c(OCC)c3)c2=O)=N1. The summed E-state index contributed by atoms with van der Waals surface area (Å²) >= 11 is 4.83. The number of halogens is 1. The number of esters is 1. The third-order valence-corrected chi connectivity index (χ3v) is 7.78. The highest BCUT2D eigenvalue weighted by molar-refractivity contribution is 9.10. The average molecular weight is 644 g/mol. The third-order valence-electron chi connectivity index (χ3n) is 6.31. The number of rotatable bonds is 11. The van der Waals surface area contributed by atoms with Crippen molar-refractivity contribution in [2.75, 3.05) is 20.3 Å². The standard InChI is InChI=1S/C31H35BrN2O6S/c1-7-10-22-27(30(36)39-9-3)28(21-17-20(32)12-14-23(21)37-6)34-29(35)26(41-31(34)33-22)16-19-11-13-24(40-18(4)5)25(15-19)38-8-2/h11-18,28H,7-10H2,1-6H3/b26-16+/t28-/m1/s1. The smallest absolute Gasteiger partial charge is 0.338 e. The van der Waals surface area contributed by atoms with Gasteiger partial charge in [-0.1, -0.05) is 46.7 Å². The van der Waals surface area contributed by atoms with Crippen molar-refractivity contribution in [2.45, 2.75) is 59.6 Å². The van der Waals surface area contributed by atoms with E-state index in [-0.39, 0.29) is 18.3 Å². The highest BCUT2D eigenvalue weighted by atomic mass is 79.9. The Bertz CT molecular complexity index is 1640. The second-order valence-electron chi connectivity index (χ2n) is 9.61. The second-order valence-corrected chi connectivity index (χ2v) is 11.5. The van der Waals surface area contributed by atoms with E-state index >= 15 is 0 Å². The fourth-order valence-electron chi connectivity index (χ4n) is 4.72. The van der Waals surface area contributed by atoms with Crippen LogP contribution in [-0.4, -0.2) is 37.0 Å². The van der Waals surface area contributed by atoms with Crippen molar-refractivity contribution >= 4 is 39.3 Å². The number of ether oxygens (including phenoxy) is 4. The molecule has 0 saturated heterocycles. The van der Waals surface area contributed by atoms with E-state index in [9.17, 15) is 9.59 Å². The molecule has 0 amide bonds. The summed E-state index contributed by atoms with van der Waals surface area (Å²) < 4.78 is 25.7. The van der Waals surface area contributed by atoms with Crippen molar-refractivity contribution in [2.24, 2.45) is 4.99 Å². The molecule has 0 saturated carbocycles. The Kier molecular flexibility index (Phi) is 10.1. The van der Waals surface area contributed by atoms with Crippen LogP contribution in [0.2, 0.25) is 0 Å². The molecule has 10 heteroatoms. The van der Waals surface area contributed by atoms with Crippen LogP contribution >= 0.6 is 27.3 Å². The first-order valence-corrected chi connectivity index (χ1v) is 15.3. The maximum absolute atomic E-state index is 14.1. The van der Waals surface area contributed by atoms with Gasteiger partial charge in [0.2, 0.25) is 0 Å². The molecule has 1 aliphatic heterocycles. The number of fused-ring (bicyclic) bond motifs is 1. The molecular weight excluding hydrogens is 608 g/mol. The Hall–Kier alpha value is -3.37. The number of thiazole rings is 1. The lowest BCUT2D eigenvalue weighted by atomic mass is 9.93. The minimum Gasteiger partial charge on any atom is -0.496 e. The molecule has 41 heavy (non-hydrogen) atoms. The van der Waals surface area contributed by atoms with Crippen LogP contribution in [0.25, 0.3) is 6.08 Å². The number of allylic oxidation sites excluding steroid dienone is 1. The van der Waals surface area contributed by atoms with E-state index in [1.807, 2.05) is 70.2 Å². The van der Waals surface area contributed by atoms with Crippen molar-refractivity contribution in [3.8, 4) is 17.2 Å². The number of benzene rings is 2. The van der Waals surface area contributed by atoms with Gasteiger partial charge in [-0.3, -0.25) is 9.36 Å². The molecule has 0 bridgehead atoms. The fraction of sp³-hybridized carbons (Fsp3) is 0.387. The number of carbonyl (C=O) groups is 1. The molecule has 1 aromatic heterocycles. The van der Waals surface area contributed by atoms with Crippen LogP contribution in [0.5, 0.6) is 17.2 Å². The van der Waals surface area contributed by atoms with Crippen molar-refractivity contribution in [1.29, 1.82) is 0 Å². The molecule has 1 aliphatic rings. The van der Waals surface area contributed by atoms with E-state index in [4.69, 9.17) is 23.9 Å². The lowest BCUT2D eigenvalue weighted by Crippen LogP contribution is -2.40. The fourth-order valence-corrected chi connectivity index (χ4v) is 6.12. The van der Waals surface area contributed by atoms with Crippen molar-refractivity contribution in [1.82, 2.24) is 4.57 Å². The number of methoxy groups -OCH3 is 1. The van der Waals surface area contributed by atoms with Crippen molar-refractivity contribution in [3.05, 3.63) is 83.0 Å². The Morgan fingerprint density at radius 2 is 1.85 bits per heavy atom. The molecule has 8 nitrogen and oxygen atoms in total. The van der Waals surface area contributed by atoms with Gasteiger partial charge in [-0.25, -0.2) is 9.79 Å².